The number of hydrogen-bond acceptors (Lipinski definition) is 31. The highest BCUT2D eigenvalue weighted by Gasteiger charge is 2.58. The summed E-state index contributed by atoms with van der Waals surface area (Å²) in [5, 5.41) is 187. The molecule has 31 nitrogen and oxygen atoms in total. The van der Waals surface area contributed by atoms with Crippen LogP contribution in [0.4, 0.5) is 0 Å². The lowest BCUT2D eigenvalue weighted by molar-refractivity contribution is -0.404. The molecule has 12 bridgehead atoms. The molecule has 22 aliphatic rings. The summed E-state index contributed by atoms with van der Waals surface area (Å²) in [5.41, 5.74) is 0. The summed E-state index contributed by atoms with van der Waals surface area (Å²) in [7, 11) is 0. The third-order valence-electron chi connectivity index (χ3n) is 13.1. The van der Waals surface area contributed by atoms with Gasteiger partial charge in [0, 0.05) is 0 Å². The maximum absolute atomic E-state index is 11.8. The molecule has 70 heavy (non-hydrogen) atoms. The monoisotopic (exact) mass is 1030 g/mol. The SMILES string of the molecule is CC(=O)COC[C@H]1O[C@@H]2O[C@H]3[C@H](O)[C@@H](O)[C@@H](O[C@H]4[C@H](O)[C@@H](O)[C@@H](O[C@H]5[C@H](O)[C@@H](O)[C@@H](O[C@H]6[C@H](O)[C@@H](O)[C@@H](O[C@H]7[C@H](O)[C@@H](O)[C@@H](O[C@H]1[C@H](O)[C@H]2O)O[C@@H]7CO)O[C@@H]6CO)O[C@@H]5CO)O[C@@H]4CO)O[C@@H]3CO. The summed E-state index contributed by atoms with van der Waals surface area (Å²) >= 11 is 0. The van der Waals surface area contributed by atoms with Gasteiger partial charge in [0.1, 0.15) is 153 Å². The third kappa shape index (κ3) is 11.3. The molecule has 0 unspecified atom stereocenters. The first-order valence-corrected chi connectivity index (χ1v) is 22.4. The van der Waals surface area contributed by atoms with E-state index < -0.39 is 236 Å². The molecule has 22 aliphatic heterocycles. The van der Waals surface area contributed by atoms with Gasteiger partial charge >= 0.3 is 0 Å². The van der Waals surface area contributed by atoms with Crippen molar-refractivity contribution in [2.24, 2.45) is 0 Å². The van der Waals surface area contributed by atoms with Crippen molar-refractivity contribution in [1.82, 2.24) is 0 Å². The molecule has 0 aromatic heterocycles. The van der Waals surface area contributed by atoms with Crippen LogP contribution in [0.5, 0.6) is 0 Å². The molecule has 22 heterocycles. The van der Waals surface area contributed by atoms with Gasteiger partial charge in [-0.3, -0.25) is 4.79 Å². The maximum Gasteiger partial charge on any atom is 0.187 e. The van der Waals surface area contributed by atoms with Crippen molar-refractivity contribution in [1.29, 1.82) is 0 Å². The van der Waals surface area contributed by atoms with Crippen LogP contribution in [0.15, 0.2) is 0 Å². The van der Waals surface area contributed by atoms with Crippen molar-refractivity contribution in [3.05, 3.63) is 0 Å². The summed E-state index contributed by atoms with van der Waals surface area (Å²) in [6, 6.07) is 0. The summed E-state index contributed by atoms with van der Waals surface area (Å²) in [5.74, 6) is -0.468. The van der Waals surface area contributed by atoms with Crippen LogP contribution in [0.1, 0.15) is 6.92 Å². The highest BCUT2D eigenvalue weighted by atomic mass is 16.8. The molecule has 0 amide bonds. The molecule has 17 N–H and O–H groups in total. The molecular weight excluding hydrogens is 964 g/mol. The number of carbonyl (C=O) groups is 1. The van der Waals surface area contributed by atoms with Gasteiger partial charge in [-0.05, 0) is 6.92 Å². The molecule has 0 radical (unpaired) electrons. The van der Waals surface area contributed by atoms with Crippen LogP contribution in [-0.2, 0) is 66.4 Å². The van der Waals surface area contributed by atoms with E-state index in [1.807, 2.05) is 0 Å². The van der Waals surface area contributed by atoms with Crippen LogP contribution in [0, 0.1) is 0 Å². The van der Waals surface area contributed by atoms with Gasteiger partial charge in [-0.1, -0.05) is 0 Å². The Labute approximate surface area is 396 Å². The Morgan fingerprint density at radius 3 is 0.686 bits per heavy atom. The van der Waals surface area contributed by atoms with E-state index in [-0.39, 0.29) is 0 Å². The number of ketones is 1. The molecule has 0 aliphatic carbocycles. The Hall–Kier alpha value is -1.53. The normalized spacial score (nSPS) is 52.8. The Kier molecular flexibility index (Phi) is 19.3. The molecule has 22 saturated heterocycles. The van der Waals surface area contributed by atoms with Crippen LogP contribution >= 0.6 is 0 Å². The van der Waals surface area contributed by atoms with Crippen molar-refractivity contribution in [3.63, 3.8) is 0 Å². The van der Waals surface area contributed by atoms with Crippen LogP contribution in [0.2, 0.25) is 0 Å². The average molecular weight is 1030 g/mol. The number of rotatable bonds is 9. The minimum absolute atomic E-state index is 0.468. The molecule has 406 valence electrons. The summed E-state index contributed by atoms with van der Waals surface area (Å²) < 4.78 is 74.1. The van der Waals surface area contributed by atoms with Crippen molar-refractivity contribution < 1.29 is 153 Å². The van der Waals surface area contributed by atoms with E-state index in [1.54, 1.807) is 0 Å². The Morgan fingerprint density at radius 2 is 0.500 bits per heavy atom. The molecule has 0 spiro atoms. The predicted octanol–water partition coefficient (Wildman–Crippen LogP) is -12.4. The van der Waals surface area contributed by atoms with E-state index in [1.165, 1.54) is 6.92 Å². The van der Waals surface area contributed by atoms with Gasteiger partial charge in [0.25, 0.3) is 0 Å². The summed E-state index contributed by atoms with van der Waals surface area (Å²) in [6.07, 6.45) is -58.8. The van der Waals surface area contributed by atoms with Crippen molar-refractivity contribution in [2.45, 2.75) is 191 Å². The quantitative estimate of drug-likeness (QED) is 0.102. The maximum atomic E-state index is 11.8. The highest BCUT2D eigenvalue weighted by molar-refractivity contribution is 5.76. The van der Waals surface area contributed by atoms with Crippen molar-refractivity contribution in [3.8, 4) is 0 Å². The van der Waals surface area contributed by atoms with Gasteiger partial charge in [0.05, 0.1) is 39.6 Å². The van der Waals surface area contributed by atoms with Gasteiger partial charge in [-0.25, -0.2) is 0 Å². The number of ether oxygens (including phenoxy) is 13. The lowest BCUT2D eigenvalue weighted by atomic mass is 9.94. The fourth-order valence-corrected chi connectivity index (χ4v) is 9.23. The Balaban J connectivity index is 1.21. The fraction of sp³-hybridized carbons (Fsp3) is 0.974. The molecule has 30 atom stereocenters. The summed E-state index contributed by atoms with van der Waals surface area (Å²) in [6.45, 7) is -5.00. The lowest BCUT2D eigenvalue weighted by Crippen LogP contribution is -2.69. The van der Waals surface area contributed by atoms with E-state index in [9.17, 15) is 91.6 Å². The number of aliphatic hydroxyl groups excluding tert-OH is 17. The molecule has 0 aromatic rings. The van der Waals surface area contributed by atoms with Gasteiger partial charge in [-0.2, -0.15) is 0 Å². The van der Waals surface area contributed by atoms with Crippen molar-refractivity contribution in [2.75, 3.05) is 46.2 Å². The van der Waals surface area contributed by atoms with E-state index in [0.29, 0.717) is 0 Å². The highest BCUT2D eigenvalue weighted by Crippen LogP contribution is 2.38. The second kappa shape index (κ2) is 24.0. The van der Waals surface area contributed by atoms with Crippen LogP contribution in [0.25, 0.3) is 0 Å². The van der Waals surface area contributed by atoms with Crippen LogP contribution < -0.4 is 0 Å². The zero-order valence-corrected chi connectivity index (χ0v) is 37.1. The first-order chi connectivity index (χ1) is 33.3. The Morgan fingerprint density at radius 1 is 0.314 bits per heavy atom. The average Bonchev–Trinajstić information content (AvgIpc) is 3.34. The second-order valence-corrected chi connectivity index (χ2v) is 17.9. The predicted molar refractivity (Wildman–Crippen MR) is 210 cm³/mol. The van der Waals surface area contributed by atoms with Crippen LogP contribution in [0.3, 0.4) is 0 Å². The van der Waals surface area contributed by atoms with Gasteiger partial charge in [-0.15, -0.1) is 0 Å². The van der Waals surface area contributed by atoms with E-state index in [0.717, 1.165) is 0 Å². The standard InChI is InChI=1S/C39H64O31/c1-9(45)7-58-8-15-33-21(51)27(57)39(64-15)69-32-14(6-44)62-37(25(55)19(32)49)67-30-12(4-42)60-35(23(53)17(30)47)65-28-10(2-40)59-34(22(52)16(28)46)66-29-11(3-41)61-36(24(54)18(29)48)68-31-13(5-43)63-38(70-33)26(56)20(31)50/h10-44,46-57H,2-8H2,1H3/t10-,11-,12-,13-,14-,15-,16-,17-,18-,19-,20-,21-,22-,23-,24-,25-,26-,27-,28-,29-,30-,31-,32-,33-,34-,35-,36-,37-,38-,39-/m1/s1. The molecule has 0 aromatic carbocycles. The van der Waals surface area contributed by atoms with Gasteiger partial charge < -0.3 is 148 Å². The lowest BCUT2D eigenvalue weighted by Gasteiger charge is -2.50. The third-order valence-corrected chi connectivity index (χ3v) is 13.1. The topological polar surface area (TPSA) is 481 Å². The zero-order valence-electron chi connectivity index (χ0n) is 37.1. The first-order valence-electron chi connectivity index (χ1n) is 22.4. The van der Waals surface area contributed by atoms with E-state index in [4.69, 9.17) is 61.6 Å². The number of Topliss-reactive ketones (excluding diaryl/α,β-unsaturated/α-hetero) is 1. The fourth-order valence-electron chi connectivity index (χ4n) is 9.23. The molecule has 22 fully saturated rings. The smallest absolute Gasteiger partial charge is 0.187 e. The number of hydrogen-bond donors (Lipinski definition) is 17. The molecule has 31 heteroatoms. The molecule has 0 saturated carbocycles. The van der Waals surface area contributed by atoms with Gasteiger partial charge in [0.15, 0.2) is 43.5 Å². The zero-order chi connectivity index (χ0) is 51.0. The van der Waals surface area contributed by atoms with E-state index in [2.05, 4.69) is 0 Å². The Bertz CT molecular complexity index is 1640. The minimum Gasteiger partial charge on any atom is -0.394 e. The minimum atomic E-state index is -2.17. The van der Waals surface area contributed by atoms with Gasteiger partial charge in [0.2, 0.25) is 0 Å². The van der Waals surface area contributed by atoms with Crippen molar-refractivity contribution >= 4 is 5.78 Å². The first kappa shape index (κ1) is 56.2. The largest absolute Gasteiger partial charge is 0.394 e. The van der Waals surface area contributed by atoms with E-state index >= 15 is 0 Å². The molecule has 22 rings (SSSR count). The summed E-state index contributed by atoms with van der Waals surface area (Å²) in [4.78, 5) is 11.8. The second-order valence-electron chi connectivity index (χ2n) is 17.9. The van der Waals surface area contributed by atoms with Crippen LogP contribution in [-0.4, -0.2) is 323 Å². The number of carbonyl (C=O) groups excluding carboxylic acids is 1. The number of aliphatic hydroxyl groups is 17. The molecular formula is C39H64O31.